The lowest BCUT2D eigenvalue weighted by Crippen LogP contribution is -2.36. The van der Waals surface area contributed by atoms with Gasteiger partial charge in [0.2, 0.25) is 0 Å². The summed E-state index contributed by atoms with van der Waals surface area (Å²) in [5.74, 6) is 1.05. The van der Waals surface area contributed by atoms with Gasteiger partial charge in [-0.05, 0) is 19.4 Å². The molecular formula is C14H27N3O3S. The van der Waals surface area contributed by atoms with E-state index in [9.17, 15) is 4.79 Å². The Morgan fingerprint density at radius 1 is 1.24 bits per heavy atom. The van der Waals surface area contributed by atoms with Gasteiger partial charge in [0.1, 0.15) is 0 Å². The third-order valence-electron chi connectivity index (χ3n) is 3.94. The molecular weight excluding hydrogens is 290 g/mol. The van der Waals surface area contributed by atoms with Gasteiger partial charge in [0.15, 0.2) is 0 Å². The Hall–Kier alpha value is -0.500. The number of carbonyl (C=O) groups is 1. The summed E-state index contributed by atoms with van der Waals surface area (Å²) in [6.07, 6.45) is 4.81. The monoisotopic (exact) mass is 317 g/mol. The molecule has 21 heavy (non-hydrogen) atoms. The molecule has 2 heterocycles. The normalized spacial score (nSPS) is 27.5. The van der Waals surface area contributed by atoms with E-state index in [1.807, 2.05) is 11.8 Å². The Balaban J connectivity index is 1.41. The van der Waals surface area contributed by atoms with Gasteiger partial charge in [-0.15, -0.1) is 0 Å². The molecule has 6 nitrogen and oxygen atoms in total. The van der Waals surface area contributed by atoms with Gasteiger partial charge in [0.05, 0.1) is 31.9 Å². The predicted molar refractivity (Wildman–Crippen MR) is 84.7 cm³/mol. The summed E-state index contributed by atoms with van der Waals surface area (Å²) in [5, 5.41) is 18.5. The van der Waals surface area contributed by atoms with Gasteiger partial charge >= 0.3 is 6.03 Å². The summed E-state index contributed by atoms with van der Waals surface area (Å²) >= 11 is 1.99. The quantitative estimate of drug-likeness (QED) is 0.326. The van der Waals surface area contributed by atoms with Crippen molar-refractivity contribution in [2.75, 3.05) is 38.7 Å². The van der Waals surface area contributed by atoms with E-state index in [0.29, 0.717) is 30.5 Å². The minimum Gasteiger partial charge on any atom is -0.394 e. The number of nitrogens with one attached hydrogen (secondary N) is 3. The van der Waals surface area contributed by atoms with E-state index in [-0.39, 0.29) is 12.6 Å². The van der Waals surface area contributed by atoms with Crippen molar-refractivity contribution in [3.63, 3.8) is 0 Å². The van der Waals surface area contributed by atoms with Crippen LogP contribution in [0, 0.1) is 0 Å². The molecule has 2 amide bonds. The smallest absolute Gasteiger partial charge is 0.315 e. The minimum atomic E-state index is 0.00270. The standard InChI is InChI=1S/C14H27N3O3S/c18-7-9-20-8-6-15-5-3-1-2-4-12-13-11(10-21-12)16-14(19)17-13/h11-13,15,18H,1-10H2,(H2,16,17,19)/t11-,12-,13-/m0/s1. The topological polar surface area (TPSA) is 82.6 Å². The fourth-order valence-corrected chi connectivity index (χ4v) is 4.39. The van der Waals surface area contributed by atoms with Crippen molar-refractivity contribution < 1.29 is 14.6 Å². The molecule has 2 fully saturated rings. The van der Waals surface area contributed by atoms with Crippen molar-refractivity contribution in [2.24, 2.45) is 0 Å². The van der Waals surface area contributed by atoms with Crippen molar-refractivity contribution >= 4 is 17.8 Å². The highest BCUT2D eigenvalue weighted by Gasteiger charge is 2.42. The molecule has 122 valence electrons. The van der Waals surface area contributed by atoms with Crippen LogP contribution in [0.5, 0.6) is 0 Å². The Morgan fingerprint density at radius 2 is 2.14 bits per heavy atom. The highest BCUT2D eigenvalue weighted by Crippen LogP contribution is 2.33. The largest absolute Gasteiger partial charge is 0.394 e. The van der Waals surface area contributed by atoms with Crippen LogP contribution < -0.4 is 16.0 Å². The van der Waals surface area contributed by atoms with Crippen LogP contribution in [-0.2, 0) is 4.74 Å². The van der Waals surface area contributed by atoms with E-state index in [1.54, 1.807) is 0 Å². The van der Waals surface area contributed by atoms with Gasteiger partial charge in [-0.2, -0.15) is 11.8 Å². The first-order valence-corrected chi connectivity index (χ1v) is 8.94. The molecule has 0 spiro atoms. The number of fused-ring (bicyclic) bond motifs is 1. The van der Waals surface area contributed by atoms with Crippen molar-refractivity contribution in [2.45, 2.75) is 43.0 Å². The molecule has 0 unspecified atom stereocenters. The third-order valence-corrected chi connectivity index (χ3v) is 5.45. The number of amides is 2. The Labute approximate surface area is 130 Å². The molecule has 4 N–H and O–H groups in total. The second kappa shape index (κ2) is 9.50. The summed E-state index contributed by atoms with van der Waals surface area (Å²) in [7, 11) is 0. The lowest BCUT2D eigenvalue weighted by Gasteiger charge is -2.16. The number of unbranched alkanes of at least 4 members (excludes halogenated alkanes) is 2. The third kappa shape index (κ3) is 5.65. The number of hydrogen-bond acceptors (Lipinski definition) is 5. The highest BCUT2D eigenvalue weighted by atomic mass is 32.2. The second-order valence-electron chi connectivity index (χ2n) is 5.56. The molecule has 2 aliphatic rings. The number of aliphatic hydroxyl groups excluding tert-OH is 1. The van der Waals surface area contributed by atoms with Gasteiger partial charge in [-0.3, -0.25) is 0 Å². The second-order valence-corrected chi connectivity index (χ2v) is 6.83. The van der Waals surface area contributed by atoms with Crippen LogP contribution in [0.4, 0.5) is 4.79 Å². The molecule has 2 saturated heterocycles. The fourth-order valence-electron chi connectivity index (χ4n) is 2.85. The van der Waals surface area contributed by atoms with Crippen molar-refractivity contribution in [1.29, 1.82) is 0 Å². The molecule has 0 radical (unpaired) electrons. The lowest BCUT2D eigenvalue weighted by molar-refractivity contribution is 0.0939. The minimum absolute atomic E-state index is 0.00270. The molecule has 0 aromatic rings. The van der Waals surface area contributed by atoms with Gasteiger partial charge in [0, 0.05) is 17.5 Å². The molecule has 2 rings (SSSR count). The van der Waals surface area contributed by atoms with Crippen molar-refractivity contribution in [1.82, 2.24) is 16.0 Å². The average Bonchev–Trinajstić information content (AvgIpc) is 3.01. The summed E-state index contributed by atoms with van der Waals surface area (Å²) in [5.41, 5.74) is 0. The van der Waals surface area contributed by atoms with Crippen LogP contribution in [0.1, 0.15) is 25.7 Å². The van der Waals surface area contributed by atoms with Crippen molar-refractivity contribution in [3.05, 3.63) is 0 Å². The van der Waals surface area contributed by atoms with Crippen molar-refractivity contribution in [3.8, 4) is 0 Å². The number of urea groups is 1. The number of hydrogen-bond donors (Lipinski definition) is 4. The van der Waals surface area contributed by atoms with Crippen LogP contribution in [0.15, 0.2) is 0 Å². The van der Waals surface area contributed by atoms with Gasteiger partial charge < -0.3 is 25.8 Å². The van der Waals surface area contributed by atoms with Crippen LogP contribution in [0.3, 0.4) is 0 Å². The zero-order valence-electron chi connectivity index (χ0n) is 12.5. The Morgan fingerprint density at radius 3 is 3.00 bits per heavy atom. The van der Waals surface area contributed by atoms with E-state index >= 15 is 0 Å². The number of ether oxygens (including phenoxy) is 1. The van der Waals surface area contributed by atoms with Crippen LogP contribution in [0.2, 0.25) is 0 Å². The van der Waals surface area contributed by atoms with E-state index < -0.39 is 0 Å². The van der Waals surface area contributed by atoms with Gasteiger partial charge in [0.25, 0.3) is 0 Å². The first kappa shape index (κ1) is 16.9. The van der Waals surface area contributed by atoms with E-state index in [1.165, 1.54) is 25.7 Å². The van der Waals surface area contributed by atoms with E-state index in [0.717, 1.165) is 18.8 Å². The van der Waals surface area contributed by atoms with E-state index in [2.05, 4.69) is 16.0 Å². The van der Waals surface area contributed by atoms with Gasteiger partial charge in [-0.25, -0.2) is 4.79 Å². The summed E-state index contributed by atoms with van der Waals surface area (Å²) in [4.78, 5) is 11.3. The van der Waals surface area contributed by atoms with Gasteiger partial charge in [-0.1, -0.05) is 12.8 Å². The molecule has 0 aromatic carbocycles. The lowest BCUT2D eigenvalue weighted by atomic mass is 10.0. The maximum Gasteiger partial charge on any atom is 0.315 e. The first-order chi connectivity index (χ1) is 10.3. The number of thioether (sulfide) groups is 1. The maximum absolute atomic E-state index is 11.3. The van der Waals surface area contributed by atoms with Crippen LogP contribution >= 0.6 is 11.8 Å². The zero-order valence-corrected chi connectivity index (χ0v) is 13.3. The number of rotatable bonds is 11. The zero-order chi connectivity index (χ0) is 14.9. The highest BCUT2D eigenvalue weighted by molar-refractivity contribution is 8.00. The molecule has 7 heteroatoms. The van der Waals surface area contributed by atoms with Crippen LogP contribution in [0.25, 0.3) is 0 Å². The SMILES string of the molecule is O=C1N[C@H]2[C@H](CS[C@H]2CCCCCNCCOCCO)N1. The number of carbonyl (C=O) groups excluding carboxylic acids is 1. The first-order valence-electron chi connectivity index (χ1n) is 7.89. The Bertz CT molecular complexity index is 320. The maximum atomic E-state index is 11.3. The average molecular weight is 317 g/mol. The summed E-state index contributed by atoms with van der Waals surface area (Å²) in [6, 6.07) is 0.681. The van der Waals surface area contributed by atoms with E-state index in [4.69, 9.17) is 9.84 Å². The molecule has 0 bridgehead atoms. The number of aliphatic hydroxyl groups is 1. The summed E-state index contributed by atoms with van der Waals surface area (Å²) in [6.45, 7) is 3.05. The molecule has 0 saturated carbocycles. The molecule has 2 aliphatic heterocycles. The summed E-state index contributed by atoms with van der Waals surface area (Å²) < 4.78 is 5.17. The molecule has 0 aliphatic carbocycles. The Kier molecular flexibility index (Phi) is 7.63. The fraction of sp³-hybridized carbons (Fsp3) is 0.929. The predicted octanol–water partition coefficient (Wildman–Crippen LogP) is 0.311. The van der Waals surface area contributed by atoms with Crippen LogP contribution in [-0.4, -0.2) is 67.1 Å². The molecule has 3 atom stereocenters. The molecule has 0 aromatic heterocycles.